The van der Waals surface area contributed by atoms with Gasteiger partial charge in [0.15, 0.2) is 0 Å². The summed E-state index contributed by atoms with van der Waals surface area (Å²) in [6.07, 6.45) is 5.47. The summed E-state index contributed by atoms with van der Waals surface area (Å²) < 4.78 is 27.9. The van der Waals surface area contributed by atoms with Gasteiger partial charge in [-0.3, -0.25) is 9.69 Å². The van der Waals surface area contributed by atoms with Gasteiger partial charge in [0, 0.05) is 37.8 Å². The fourth-order valence-electron chi connectivity index (χ4n) is 4.21. The number of fused-ring (bicyclic) bond motifs is 2. The molecule has 3 aliphatic heterocycles. The summed E-state index contributed by atoms with van der Waals surface area (Å²) in [7, 11) is -3.48. The first kappa shape index (κ1) is 17.0. The van der Waals surface area contributed by atoms with Crippen LogP contribution in [0.25, 0.3) is 0 Å². The van der Waals surface area contributed by atoms with Gasteiger partial charge in [-0.05, 0) is 56.0 Å². The summed E-state index contributed by atoms with van der Waals surface area (Å²) in [6, 6.07) is 5.48. The Morgan fingerprint density at radius 1 is 1.04 bits per heavy atom. The van der Waals surface area contributed by atoms with Gasteiger partial charge in [0.1, 0.15) is 0 Å². The van der Waals surface area contributed by atoms with Crippen molar-refractivity contribution in [3.63, 3.8) is 0 Å². The van der Waals surface area contributed by atoms with Crippen LogP contribution in [0.5, 0.6) is 0 Å². The number of hydrogen-bond donors (Lipinski definition) is 1. The Labute approximate surface area is 149 Å². The van der Waals surface area contributed by atoms with Gasteiger partial charge in [-0.2, -0.15) is 4.31 Å². The van der Waals surface area contributed by atoms with E-state index in [1.807, 2.05) is 0 Å². The van der Waals surface area contributed by atoms with Crippen LogP contribution in [0.15, 0.2) is 23.1 Å². The van der Waals surface area contributed by atoms with Gasteiger partial charge in [0.05, 0.1) is 4.90 Å². The third-order valence-corrected chi connectivity index (χ3v) is 7.50. The monoisotopic (exact) mass is 363 g/mol. The Hall–Kier alpha value is -1.44. The summed E-state index contributed by atoms with van der Waals surface area (Å²) in [5.41, 5.74) is 1.67. The predicted molar refractivity (Wildman–Crippen MR) is 96.0 cm³/mol. The minimum Gasteiger partial charge on any atom is -0.326 e. The third kappa shape index (κ3) is 3.32. The second-order valence-electron chi connectivity index (χ2n) is 7.27. The third-order valence-electron chi connectivity index (χ3n) is 5.64. The maximum Gasteiger partial charge on any atom is 0.243 e. The maximum atomic E-state index is 13.1. The zero-order valence-electron chi connectivity index (χ0n) is 14.4. The summed E-state index contributed by atoms with van der Waals surface area (Å²) in [5, 5.41) is 2.86. The summed E-state index contributed by atoms with van der Waals surface area (Å²) in [6.45, 7) is 3.07. The summed E-state index contributed by atoms with van der Waals surface area (Å²) in [4.78, 5) is 14.5. The SMILES string of the molecule is O=C1CCCc2cc(S(=O)(=O)N3CCN4CCCCC4C3)ccc2N1. The molecule has 0 bridgehead atoms. The molecule has 3 aliphatic rings. The number of aryl methyl sites for hydroxylation is 1. The molecule has 2 fully saturated rings. The van der Waals surface area contributed by atoms with Crippen LogP contribution in [0.4, 0.5) is 5.69 Å². The Kier molecular flexibility index (Phi) is 4.56. The fourth-order valence-corrected chi connectivity index (χ4v) is 5.73. The normalized spacial score (nSPS) is 25.6. The van der Waals surface area contributed by atoms with Crippen molar-refractivity contribution in [2.24, 2.45) is 0 Å². The standard InChI is InChI=1S/C18H25N3O3S/c22-18-6-3-4-14-12-16(7-8-17(14)19-18)25(23,24)21-11-10-20-9-2-1-5-15(20)13-21/h7-8,12,15H,1-6,9-11,13H2,(H,19,22). The molecule has 25 heavy (non-hydrogen) atoms. The number of amides is 1. The molecule has 1 atom stereocenters. The largest absolute Gasteiger partial charge is 0.326 e. The fraction of sp³-hybridized carbons (Fsp3) is 0.611. The van der Waals surface area contributed by atoms with E-state index >= 15 is 0 Å². The summed E-state index contributed by atoms with van der Waals surface area (Å²) >= 11 is 0. The van der Waals surface area contributed by atoms with Crippen molar-refractivity contribution in [3.05, 3.63) is 23.8 Å². The lowest BCUT2D eigenvalue weighted by Crippen LogP contribution is -2.56. The number of nitrogens with one attached hydrogen (secondary N) is 1. The van der Waals surface area contributed by atoms with Gasteiger partial charge in [-0.15, -0.1) is 0 Å². The quantitative estimate of drug-likeness (QED) is 0.870. The van der Waals surface area contributed by atoms with E-state index in [0.717, 1.165) is 43.6 Å². The summed E-state index contributed by atoms with van der Waals surface area (Å²) in [5.74, 6) is 0.00257. The van der Waals surface area contributed by atoms with Crippen LogP contribution in [0.2, 0.25) is 0 Å². The Morgan fingerprint density at radius 3 is 2.80 bits per heavy atom. The smallest absolute Gasteiger partial charge is 0.243 e. The van der Waals surface area contributed by atoms with Crippen LogP contribution in [-0.2, 0) is 21.2 Å². The van der Waals surface area contributed by atoms with Crippen molar-refractivity contribution in [2.45, 2.75) is 49.5 Å². The van der Waals surface area contributed by atoms with Gasteiger partial charge in [0.2, 0.25) is 15.9 Å². The van der Waals surface area contributed by atoms with Crippen molar-refractivity contribution in [3.8, 4) is 0 Å². The average Bonchev–Trinajstić information content (AvgIpc) is 2.81. The molecule has 136 valence electrons. The van der Waals surface area contributed by atoms with E-state index in [2.05, 4.69) is 10.2 Å². The molecule has 1 N–H and O–H groups in total. The number of carbonyl (C=O) groups excluding carboxylic acids is 1. The first-order valence-corrected chi connectivity index (χ1v) is 10.6. The molecule has 6 nitrogen and oxygen atoms in total. The lowest BCUT2D eigenvalue weighted by molar-refractivity contribution is -0.116. The first-order chi connectivity index (χ1) is 12.0. The molecule has 1 amide bonds. The number of nitrogens with zero attached hydrogens (tertiary/aromatic N) is 2. The molecule has 0 aliphatic carbocycles. The number of sulfonamides is 1. The Balaban J connectivity index is 1.58. The van der Waals surface area contributed by atoms with Crippen LogP contribution < -0.4 is 5.32 Å². The molecule has 0 spiro atoms. The van der Waals surface area contributed by atoms with Crippen LogP contribution in [0.3, 0.4) is 0 Å². The van der Waals surface area contributed by atoms with E-state index < -0.39 is 10.0 Å². The van der Waals surface area contributed by atoms with Crippen LogP contribution >= 0.6 is 0 Å². The molecular formula is C18H25N3O3S. The lowest BCUT2D eigenvalue weighted by atomic mass is 10.0. The molecule has 2 saturated heterocycles. The number of anilines is 1. The molecule has 0 radical (unpaired) electrons. The van der Waals surface area contributed by atoms with Crippen molar-refractivity contribution < 1.29 is 13.2 Å². The zero-order chi connectivity index (χ0) is 17.4. The van der Waals surface area contributed by atoms with E-state index in [0.29, 0.717) is 30.4 Å². The van der Waals surface area contributed by atoms with Gasteiger partial charge >= 0.3 is 0 Å². The number of benzene rings is 1. The maximum absolute atomic E-state index is 13.1. The number of rotatable bonds is 2. The predicted octanol–water partition coefficient (Wildman–Crippen LogP) is 1.82. The highest BCUT2D eigenvalue weighted by molar-refractivity contribution is 7.89. The van der Waals surface area contributed by atoms with Gasteiger partial charge in [-0.25, -0.2) is 8.42 Å². The van der Waals surface area contributed by atoms with Crippen LogP contribution in [-0.4, -0.2) is 55.8 Å². The molecule has 1 unspecified atom stereocenters. The molecule has 0 aromatic heterocycles. The Bertz CT molecular complexity index is 778. The molecule has 1 aromatic rings. The van der Waals surface area contributed by atoms with Gasteiger partial charge < -0.3 is 5.32 Å². The average molecular weight is 363 g/mol. The van der Waals surface area contributed by atoms with Crippen molar-refractivity contribution >= 4 is 21.6 Å². The van der Waals surface area contributed by atoms with Crippen LogP contribution in [0.1, 0.15) is 37.7 Å². The molecule has 1 aromatic carbocycles. The van der Waals surface area contributed by atoms with Crippen molar-refractivity contribution in [2.75, 3.05) is 31.5 Å². The Morgan fingerprint density at radius 2 is 1.92 bits per heavy atom. The second kappa shape index (κ2) is 6.70. The van der Waals surface area contributed by atoms with E-state index in [-0.39, 0.29) is 5.91 Å². The van der Waals surface area contributed by atoms with E-state index in [1.165, 1.54) is 12.8 Å². The molecule has 0 saturated carbocycles. The number of piperazine rings is 1. The van der Waals surface area contributed by atoms with E-state index in [1.54, 1.807) is 22.5 Å². The van der Waals surface area contributed by atoms with E-state index in [4.69, 9.17) is 0 Å². The zero-order valence-corrected chi connectivity index (χ0v) is 15.2. The minimum atomic E-state index is -3.48. The van der Waals surface area contributed by atoms with Gasteiger partial charge in [-0.1, -0.05) is 6.42 Å². The number of carbonyl (C=O) groups is 1. The molecule has 3 heterocycles. The number of piperidine rings is 1. The van der Waals surface area contributed by atoms with E-state index in [9.17, 15) is 13.2 Å². The minimum absolute atomic E-state index is 0.00257. The second-order valence-corrected chi connectivity index (χ2v) is 9.21. The van der Waals surface area contributed by atoms with Gasteiger partial charge in [0.25, 0.3) is 0 Å². The topological polar surface area (TPSA) is 69.7 Å². The number of hydrogen-bond acceptors (Lipinski definition) is 4. The highest BCUT2D eigenvalue weighted by atomic mass is 32.2. The highest BCUT2D eigenvalue weighted by Crippen LogP contribution is 2.29. The lowest BCUT2D eigenvalue weighted by Gasteiger charge is -2.43. The molecule has 7 heteroatoms. The molecular weight excluding hydrogens is 338 g/mol. The van der Waals surface area contributed by atoms with Crippen LogP contribution in [0, 0.1) is 0 Å². The first-order valence-electron chi connectivity index (χ1n) is 9.21. The molecule has 4 rings (SSSR count). The van der Waals surface area contributed by atoms with Crippen molar-refractivity contribution in [1.82, 2.24) is 9.21 Å². The highest BCUT2D eigenvalue weighted by Gasteiger charge is 2.35. The van der Waals surface area contributed by atoms with Crippen molar-refractivity contribution in [1.29, 1.82) is 0 Å².